The minimum absolute atomic E-state index is 0.359. The molecule has 0 aromatic rings. The summed E-state index contributed by atoms with van der Waals surface area (Å²) in [7, 11) is 0. The van der Waals surface area contributed by atoms with Crippen LogP contribution in [0.2, 0.25) is 0 Å². The van der Waals surface area contributed by atoms with Crippen LogP contribution in [0.1, 0.15) is 73.6 Å². The topological polar surface area (TPSA) is 24.7 Å². The molecule has 0 saturated heterocycles. The van der Waals surface area contributed by atoms with Gasteiger partial charge < -0.3 is 0 Å². The number of nitrogens with zero attached hydrogens (tertiary/aromatic N) is 2. The molecule has 0 aliphatic heterocycles. The van der Waals surface area contributed by atoms with E-state index in [1.807, 2.05) is 6.92 Å². The fourth-order valence-corrected chi connectivity index (χ4v) is 2.44. The van der Waals surface area contributed by atoms with E-state index in [9.17, 15) is 0 Å². The number of hydrogen-bond donors (Lipinski definition) is 0. The number of allylic oxidation sites excluding steroid dienone is 6. The van der Waals surface area contributed by atoms with Crippen LogP contribution in [-0.2, 0) is 0 Å². The predicted octanol–water partition coefficient (Wildman–Crippen LogP) is 6.30. The van der Waals surface area contributed by atoms with Crippen molar-refractivity contribution < 1.29 is 0 Å². The molecule has 0 N–H and O–H groups in total. The maximum Gasteiger partial charge on any atom is 0.0716 e. The third-order valence-corrected chi connectivity index (χ3v) is 4.20. The Hall–Kier alpha value is -1.44. The smallest absolute Gasteiger partial charge is 0.0716 e. The molecule has 2 nitrogen and oxygen atoms in total. The van der Waals surface area contributed by atoms with E-state index in [-0.39, 0.29) is 0 Å². The van der Waals surface area contributed by atoms with Crippen LogP contribution in [0.3, 0.4) is 0 Å². The lowest BCUT2D eigenvalue weighted by molar-refractivity contribution is 0.720. The lowest BCUT2D eigenvalue weighted by Crippen LogP contribution is -2.07. The van der Waals surface area contributed by atoms with Crippen molar-refractivity contribution in [3.8, 4) is 0 Å². The molecule has 2 heteroatoms. The Morgan fingerprint density at radius 3 is 2.43 bits per heavy atom. The molecule has 128 valence electrons. The molecule has 1 atom stereocenters. The zero-order valence-corrected chi connectivity index (χ0v) is 15.9. The highest BCUT2D eigenvalue weighted by molar-refractivity contribution is 6.22. The number of aliphatic imine (C=N–C) groups is 2. The Kier molecular flexibility index (Phi) is 8.83. The Morgan fingerprint density at radius 1 is 1.22 bits per heavy atom. The standard InChI is InChI=1S/C21H34N2/c1-7-10-18(6)23-21(11-8-2)20(15-22-17(5)9-3)16(4)14-19-12-13-19/h8,10-11,15,17,19H,7,9,12-14H2,1-6H3/b11-8-,18-10+,20-16+,22-15-,23-21+. The third-order valence-electron chi connectivity index (χ3n) is 4.20. The van der Waals surface area contributed by atoms with Gasteiger partial charge in [-0.1, -0.05) is 31.6 Å². The van der Waals surface area contributed by atoms with Gasteiger partial charge in [-0.25, -0.2) is 0 Å². The Morgan fingerprint density at radius 2 is 1.91 bits per heavy atom. The number of rotatable bonds is 9. The number of hydrogen-bond acceptors (Lipinski definition) is 2. The van der Waals surface area contributed by atoms with Gasteiger partial charge in [-0.15, -0.1) is 0 Å². The first kappa shape index (κ1) is 19.6. The first-order chi connectivity index (χ1) is 11.0. The SMILES string of the molecule is C\C=C/C(=N\C(C)=C\CC)C(/C=N\C(C)CC)=C(\C)CC1CC1. The normalized spacial score (nSPS) is 19.6. The summed E-state index contributed by atoms with van der Waals surface area (Å²) in [6.45, 7) is 12.9. The highest BCUT2D eigenvalue weighted by Crippen LogP contribution is 2.35. The second kappa shape index (κ2) is 10.4. The van der Waals surface area contributed by atoms with Crippen LogP contribution in [0.15, 0.2) is 45.1 Å². The van der Waals surface area contributed by atoms with Crippen molar-refractivity contribution in [2.45, 2.75) is 79.7 Å². The van der Waals surface area contributed by atoms with Gasteiger partial charge in [0.1, 0.15) is 0 Å². The first-order valence-corrected chi connectivity index (χ1v) is 9.13. The molecular formula is C21H34N2. The van der Waals surface area contributed by atoms with E-state index in [1.165, 1.54) is 30.4 Å². The second-order valence-corrected chi connectivity index (χ2v) is 6.63. The largest absolute Gasteiger partial charge is 0.289 e. The zero-order valence-electron chi connectivity index (χ0n) is 15.9. The van der Waals surface area contributed by atoms with Gasteiger partial charge in [0, 0.05) is 23.5 Å². The average molecular weight is 315 g/mol. The summed E-state index contributed by atoms with van der Waals surface area (Å²) in [4.78, 5) is 9.58. The molecule has 1 aliphatic rings. The van der Waals surface area contributed by atoms with Gasteiger partial charge in [0.2, 0.25) is 0 Å². The molecule has 0 aromatic heterocycles. The van der Waals surface area contributed by atoms with Crippen LogP contribution >= 0.6 is 0 Å². The maximum atomic E-state index is 4.85. The fraction of sp³-hybridized carbons (Fsp3) is 0.619. The molecule has 0 bridgehead atoms. The Bertz CT molecular complexity index is 514. The molecule has 1 fully saturated rings. The van der Waals surface area contributed by atoms with Crippen molar-refractivity contribution >= 4 is 11.9 Å². The molecular weight excluding hydrogens is 280 g/mol. The molecule has 1 aliphatic carbocycles. The van der Waals surface area contributed by atoms with Gasteiger partial charge in [0.15, 0.2) is 0 Å². The summed E-state index contributed by atoms with van der Waals surface area (Å²) in [5, 5.41) is 0. The molecule has 0 amide bonds. The lowest BCUT2D eigenvalue weighted by atomic mass is 10.00. The highest BCUT2D eigenvalue weighted by Gasteiger charge is 2.22. The van der Waals surface area contributed by atoms with Gasteiger partial charge in [-0.2, -0.15) is 0 Å². The molecule has 0 radical (unpaired) electrons. The van der Waals surface area contributed by atoms with Crippen molar-refractivity contribution in [2.75, 3.05) is 0 Å². The zero-order chi connectivity index (χ0) is 17.2. The maximum absolute atomic E-state index is 4.85. The van der Waals surface area contributed by atoms with Crippen LogP contribution < -0.4 is 0 Å². The van der Waals surface area contributed by atoms with E-state index < -0.39 is 0 Å². The highest BCUT2D eigenvalue weighted by atomic mass is 14.8. The van der Waals surface area contributed by atoms with Crippen molar-refractivity contribution in [2.24, 2.45) is 15.9 Å². The van der Waals surface area contributed by atoms with E-state index in [0.29, 0.717) is 6.04 Å². The predicted molar refractivity (Wildman–Crippen MR) is 105 cm³/mol. The van der Waals surface area contributed by atoms with Gasteiger partial charge >= 0.3 is 0 Å². The van der Waals surface area contributed by atoms with Crippen molar-refractivity contribution in [1.29, 1.82) is 0 Å². The molecule has 0 spiro atoms. The van der Waals surface area contributed by atoms with E-state index in [2.05, 4.69) is 59.1 Å². The van der Waals surface area contributed by atoms with Crippen LogP contribution in [0.25, 0.3) is 0 Å². The summed E-state index contributed by atoms with van der Waals surface area (Å²) in [5.74, 6) is 0.876. The Labute approximate surface area is 143 Å². The summed E-state index contributed by atoms with van der Waals surface area (Å²) in [6.07, 6.45) is 14.4. The summed E-state index contributed by atoms with van der Waals surface area (Å²) in [5.41, 5.74) is 4.74. The van der Waals surface area contributed by atoms with Crippen molar-refractivity contribution in [3.63, 3.8) is 0 Å². The average Bonchev–Trinajstić information content (AvgIpc) is 3.31. The van der Waals surface area contributed by atoms with Crippen molar-refractivity contribution in [3.05, 3.63) is 35.1 Å². The molecule has 23 heavy (non-hydrogen) atoms. The van der Waals surface area contributed by atoms with E-state index in [1.54, 1.807) is 0 Å². The van der Waals surface area contributed by atoms with E-state index in [4.69, 9.17) is 9.98 Å². The van der Waals surface area contributed by atoms with Crippen LogP contribution in [0.4, 0.5) is 0 Å². The monoisotopic (exact) mass is 314 g/mol. The van der Waals surface area contributed by atoms with E-state index in [0.717, 1.165) is 30.2 Å². The summed E-state index contributed by atoms with van der Waals surface area (Å²) >= 11 is 0. The summed E-state index contributed by atoms with van der Waals surface area (Å²) in [6, 6.07) is 0.359. The molecule has 1 unspecified atom stereocenters. The molecule has 0 heterocycles. The van der Waals surface area contributed by atoms with E-state index >= 15 is 0 Å². The van der Waals surface area contributed by atoms with Gasteiger partial charge in [0.05, 0.1) is 5.71 Å². The first-order valence-electron chi connectivity index (χ1n) is 9.13. The van der Waals surface area contributed by atoms with Crippen LogP contribution in [-0.4, -0.2) is 18.0 Å². The fourth-order valence-electron chi connectivity index (χ4n) is 2.44. The quantitative estimate of drug-likeness (QED) is 0.446. The van der Waals surface area contributed by atoms with Crippen molar-refractivity contribution in [1.82, 2.24) is 0 Å². The minimum atomic E-state index is 0.359. The van der Waals surface area contributed by atoms with Crippen LogP contribution in [0.5, 0.6) is 0 Å². The Balaban J connectivity index is 3.21. The third kappa shape index (κ3) is 7.58. The van der Waals surface area contributed by atoms with Gasteiger partial charge in [-0.3, -0.25) is 9.98 Å². The minimum Gasteiger partial charge on any atom is -0.289 e. The van der Waals surface area contributed by atoms with Gasteiger partial charge in [-0.05, 0) is 71.8 Å². The molecule has 1 rings (SSSR count). The van der Waals surface area contributed by atoms with Crippen LogP contribution in [0, 0.1) is 5.92 Å². The second-order valence-electron chi connectivity index (χ2n) is 6.63. The lowest BCUT2D eigenvalue weighted by Gasteiger charge is -2.10. The molecule has 0 aromatic carbocycles. The summed E-state index contributed by atoms with van der Waals surface area (Å²) < 4.78 is 0. The molecule has 1 saturated carbocycles. The van der Waals surface area contributed by atoms with Gasteiger partial charge in [0.25, 0.3) is 0 Å².